The van der Waals surface area contributed by atoms with Crippen LogP contribution in [0.3, 0.4) is 0 Å². The molecular weight excluding hydrogens is 213 g/mol. The van der Waals surface area contributed by atoms with E-state index in [9.17, 15) is 9.50 Å². The first-order chi connectivity index (χ1) is 7.70. The smallest absolute Gasteiger partial charge is 0.259 e. The summed E-state index contributed by atoms with van der Waals surface area (Å²) in [5.41, 5.74) is 0.391. The predicted molar refractivity (Wildman–Crippen MR) is 52.7 cm³/mol. The van der Waals surface area contributed by atoms with Crippen LogP contribution in [0.25, 0.3) is 11.5 Å². The average Bonchev–Trinajstić information content (AvgIpc) is 2.77. The molecule has 0 aliphatic rings. The fraction of sp³-hybridized carbons (Fsp3) is 0.300. The number of aliphatic hydroxyl groups is 1. The molecule has 5 nitrogen and oxygen atoms in total. The Morgan fingerprint density at radius 1 is 1.50 bits per heavy atom. The van der Waals surface area contributed by atoms with Crippen molar-refractivity contribution in [3.8, 4) is 11.5 Å². The van der Waals surface area contributed by atoms with Gasteiger partial charge in [0.25, 0.3) is 5.89 Å². The lowest BCUT2D eigenvalue weighted by Gasteiger charge is -1.98. The molecule has 16 heavy (non-hydrogen) atoms. The second-order valence-electron chi connectivity index (χ2n) is 3.27. The molecule has 0 aromatic carbocycles. The Morgan fingerprint density at radius 2 is 2.31 bits per heavy atom. The Hall–Kier alpha value is -1.82. The number of hydrogen-bond acceptors (Lipinski definition) is 5. The molecule has 6 heteroatoms. The Bertz CT molecular complexity index is 486. The minimum Gasteiger partial charge on any atom is -0.385 e. The summed E-state index contributed by atoms with van der Waals surface area (Å²) in [6, 6.07) is 1.24. The summed E-state index contributed by atoms with van der Waals surface area (Å²) < 4.78 is 17.8. The van der Waals surface area contributed by atoms with Gasteiger partial charge in [0.05, 0.1) is 11.8 Å². The molecule has 0 fully saturated rings. The van der Waals surface area contributed by atoms with Crippen LogP contribution in [-0.2, 0) is 0 Å². The van der Waals surface area contributed by atoms with Crippen molar-refractivity contribution in [1.29, 1.82) is 0 Å². The molecule has 0 amide bonds. The zero-order chi connectivity index (χ0) is 11.5. The van der Waals surface area contributed by atoms with Gasteiger partial charge in [-0.2, -0.15) is 4.98 Å². The first kappa shape index (κ1) is 10.7. The second kappa shape index (κ2) is 4.36. The number of aromatic nitrogens is 3. The van der Waals surface area contributed by atoms with Crippen molar-refractivity contribution in [3.63, 3.8) is 0 Å². The Morgan fingerprint density at radius 3 is 3.00 bits per heavy atom. The molecule has 84 valence electrons. The molecule has 1 N–H and O–H groups in total. The number of rotatable bonds is 3. The number of hydrogen-bond donors (Lipinski definition) is 1. The molecule has 0 aliphatic carbocycles. The van der Waals surface area contributed by atoms with Crippen LogP contribution in [0.1, 0.15) is 25.3 Å². The fourth-order valence-electron chi connectivity index (χ4n) is 1.20. The molecule has 0 radical (unpaired) electrons. The van der Waals surface area contributed by atoms with E-state index in [4.69, 9.17) is 4.52 Å². The normalized spacial score (nSPS) is 12.7. The standard InChI is InChI=1S/C10H10FN3O2/c1-2-8(15)9-13-10(16-14-9)6-3-7(11)5-12-4-6/h3-5,8,15H,2H2,1H3. The van der Waals surface area contributed by atoms with Crippen molar-refractivity contribution < 1.29 is 14.0 Å². The Labute approximate surface area is 90.9 Å². The van der Waals surface area contributed by atoms with Gasteiger partial charge in [0.15, 0.2) is 0 Å². The van der Waals surface area contributed by atoms with Gasteiger partial charge >= 0.3 is 0 Å². The molecule has 1 atom stereocenters. The summed E-state index contributed by atoms with van der Waals surface area (Å²) in [5, 5.41) is 13.1. The van der Waals surface area contributed by atoms with E-state index < -0.39 is 11.9 Å². The fourth-order valence-corrected chi connectivity index (χ4v) is 1.20. The maximum absolute atomic E-state index is 12.9. The van der Waals surface area contributed by atoms with Gasteiger partial charge in [0, 0.05) is 6.20 Å². The van der Waals surface area contributed by atoms with Crippen molar-refractivity contribution in [1.82, 2.24) is 15.1 Å². The predicted octanol–water partition coefficient (Wildman–Crippen LogP) is 1.71. The largest absolute Gasteiger partial charge is 0.385 e. The van der Waals surface area contributed by atoms with Gasteiger partial charge in [-0.25, -0.2) is 4.39 Å². The van der Waals surface area contributed by atoms with Gasteiger partial charge in [0.1, 0.15) is 11.9 Å². The van der Waals surface area contributed by atoms with E-state index >= 15 is 0 Å². The van der Waals surface area contributed by atoms with Crippen molar-refractivity contribution in [2.24, 2.45) is 0 Å². The number of pyridine rings is 1. The third-order valence-electron chi connectivity index (χ3n) is 2.08. The first-order valence-electron chi connectivity index (χ1n) is 4.83. The van der Waals surface area contributed by atoms with Crippen LogP contribution in [-0.4, -0.2) is 20.2 Å². The maximum atomic E-state index is 12.9. The minimum absolute atomic E-state index is 0.148. The summed E-state index contributed by atoms with van der Waals surface area (Å²) in [6.07, 6.45) is 2.22. The van der Waals surface area contributed by atoms with Crippen molar-refractivity contribution >= 4 is 0 Å². The highest BCUT2D eigenvalue weighted by atomic mass is 19.1. The van der Waals surface area contributed by atoms with E-state index in [0.717, 1.165) is 6.20 Å². The number of halogens is 1. The van der Waals surface area contributed by atoms with Crippen LogP contribution in [0.2, 0.25) is 0 Å². The number of nitrogens with zero attached hydrogens (tertiary/aromatic N) is 3. The molecule has 0 spiro atoms. The van der Waals surface area contributed by atoms with Crippen LogP contribution in [0, 0.1) is 5.82 Å². The topological polar surface area (TPSA) is 72.0 Å². The van der Waals surface area contributed by atoms with Crippen LogP contribution in [0.5, 0.6) is 0 Å². The van der Waals surface area contributed by atoms with Gasteiger partial charge < -0.3 is 9.63 Å². The van der Waals surface area contributed by atoms with Gasteiger partial charge in [-0.3, -0.25) is 4.98 Å². The average molecular weight is 223 g/mol. The summed E-state index contributed by atoms with van der Waals surface area (Å²) in [5.74, 6) is -0.135. The maximum Gasteiger partial charge on any atom is 0.259 e. The molecule has 2 rings (SSSR count). The van der Waals surface area contributed by atoms with E-state index in [-0.39, 0.29) is 11.7 Å². The second-order valence-corrected chi connectivity index (χ2v) is 3.27. The molecule has 2 heterocycles. The summed E-state index contributed by atoms with van der Waals surface area (Å²) in [7, 11) is 0. The Balaban J connectivity index is 2.31. The van der Waals surface area contributed by atoms with Crippen molar-refractivity contribution in [2.75, 3.05) is 0 Å². The molecule has 0 saturated carbocycles. The van der Waals surface area contributed by atoms with Gasteiger partial charge in [-0.15, -0.1) is 0 Å². The summed E-state index contributed by atoms with van der Waals surface area (Å²) in [4.78, 5) is 7.63. The van der Waals surface area contributed by atoms with E-state index in [1.54, 1.807) is 6.92 Å². The Kier molecular flexibility index (Phi) is 2.91. The van der Waals surface area contributed by atoms with E-state index in [2.05, 4.69) is 15.1 Å². The summed E-state index contributed by atoms with van der Waals surface area (Å²) >= 11 is 0. The zero-order valence-electron chi connectivity index (χ0n) is 8.59. The van der Waals surface area contributed by atoms with Crippen molar-refractivity contribution in [2.45, 2.75) is 19.4 Å². The highest BCUT2D eigenvalue weighted by Crippen LogP contribution is 2.20. The first-order valence-corrected chi connectivity index (χ1v) is 4.83. The van der Waals surface area contributed by atoms with Crippen LogP contribution in [0.4, 0.5) is 4.39 Å². The lowest BCUT2D eigenvalue weighted by molar-refractivity contribution is 0.159. The quantitative estimate of drug-likeness (QED) is 0.857. The molecule has 1 unspecified atom stereocenters. The van der Waals surface area contributed by atoms with Crippen LogP contribution < -0.4 is 0 Å². The van der Waals surface area contributed by atoms with E-state index in [0.29, 0.717) is 12.0 Å². The molecule has 0 bridgehead atoms. The number of aliphatic hydroxyl groups excluding tert-OH is 1. The lowest BCUT2D eigenvalue weighted by Crippen LogP contribution is -1.97. The van der Waals surface area contributed by atoms with Crippen LogP contribution >= 0.6 is 0 Å². The molecular formula is C10H10FN3O2. The monoisotopic (exact) mass is 223 g/mol. The van der Waals surface area contributed by atoms with Gasteiger partial charge in [-0.1, -0.05) is 12.1 Å². The third kappa shape index (κ3) is 2.06. The SMILES string of the molecule is CCC(O)c1noc(-c2cncc(F)c2)n1. The molecule has 2 aromatic rings. The minimum atomic E-state index is -0.765. The molecule has 2 aromatic heterocycles. The highest BCUT2D eigenvalue weighted by molar-refractivity contribution is 5.50. The van der Waals surface area contributed by atoms with Gasteiger partial charge in [0.2, 0.25) is 5.82 Å². The summed E-state index contributed by atoms with van der Waals surface area (Å²) in [6.45, 7) is 1.80. The molecule has 0 aliphatic heterocycles. The zero-order valence-corrected chi connectivity index (χ0v) is 8.59. The van der Waals surface area contributed by atoms with E-state index in [1.807, 2.05) is 0 Å². The highest BCUT2D eigenvalue weighted by Gasteiger charge is 2.15. The van der Waals surface area contributed by atoms with E-state index in [1.165, 1.54) is 12.3 Å². The molecule has 0 saturated heterocycles. The third-order valence-corrected chi connectivity index (χ3v) is 2.08. The van der Waals surface area contributed by atoms with Crippen molar-refractivity contribution in [3.05, 3.63) is 30.1 Å². The van der Waals surface area contributed by atoms with Crippen LogP contribution in [0.15, 0.2) is 23.0 Å². The van der Waals surface area contributed by atoms with Gasteiger partial charge in [-0.05, 0) is 12.5 Å². The lowest BCUT2D eigenvalue weighted by atomic mass is 10.2.